The first-order valence-electron chi connectivity index (χ1n) is 6.19. The maximum Gasteiger partial charge on any atom is 0.240 e. The van der Waals surface area contributed by atoms with Gasteiger partial charge in [-0.15, -0.1) is 0 Å². The van der Waals surface area contributed by atoms with Crippen molar-refractivity contribution in [3.05, 3.63) is 27.1 Å². The first-order valence-corrected chi connectivity index (χ1v) is 7.78. The molecule has 1 aromatic carbocycles. The molecule has 108 valence electrons. The highest BCUT2D eigenvalue weighted by molar-refractivity contribution is 9.11. The number of nitrogens with zero attached hydrogens (tertiary/aromatic N) is 1. The summed E-state index contributed by atoms with van der Waals surface area (Å²) in [7, 11) is 0. The Morgan fingerprint density at radius 3 is 2.60 bits per heavy atom. The third-order valence-corrected chi connectivity index (χ3v) is 4.31. The molecule has 1 atom stereocenters. The average molecular weight is 403 g/mol. The topological polar surface area (TPSA) is 64.9 Å². The summed E-state index contributed by atoms with van der Waals surface area (Å²) in [4.78, 5) is 11.9. The van der Waals surface area contributed by atoms with Crippen molar-refractivity contribution in [1.82, 2.24) is 5.32 Å². The van der Waals surface area contributed by atoms with Crippen molar-refractivity contribution in [1.29, 1.82) is 5.26 Å². The molecule has 1 aromatic rings. The van der Waals surface area contributed by atoms with Crippen molar-refractivity contribution in [3.8, 4) is 6.07 Å². The second kappa shape index (κ2) is 7.09. The van der Waals surface area contributed by atoms with Crippen LogP contribution in [0.25, 0.3) is 0 Å². The maximum absolute atomic E-state index is 11.9. The Kier molecular flexibility index (Phi) is 6.03. The summed E-state index contributed by atoms with van der Waals surface area (Å²) in [6.45, 7) is 5.65. The van der Waals surface area contributed by atoms with Gasteiger partial charge in [0.15, 0.2) is 0 Å². The van der Waals surface area contributed by atoms with Crippen LogP contribution in [0, 0.1) is 17.2 Å². The summed E-state index contributed by atoms with van der Waals surface area (Å²) < 4.78 is 1.82. The van der Waals surface area contributed by atoms with Crippen LogP contribution in [0.4, 0.5) is 5.69 Å². The number of halogens is 2. The molecule has 0 radical (unpaired) electrons. The van der Waals surface area contributed by atoms with Crippen molar-refractivity contribution in [2.45, 2.75) is 26.3 Å². The number of rotatable bonds is 5. The molecule has 0 fully saturated rings. The zero-order chi connectivity index (χ0) is 15.3. The smallest absolute Gasteiger partial charge is 0.240 e. The van der Waals surface area contributed by atoms with Gasteiger partial charge in [-0.2, -0.15) is 5.26 Å². The molecule has 0 aliphatic carbocycles. The number of hydrogen-bond donors (Lipinski definition) is 2. The second-order valence-electron chi connectivity index (χ2n) is 4.99. The number of carbonyl (C=O) groups excluding carboxylic acids is 1. The predicted octanol–water partition coefficient (Wildman–Crippen LogP) is 3.68. The Labute approximate surface area is 136 Å². The molecule has 1 amide bonds. The average Bonchev–Trinajstić information content (AvgIpc) is 2.37. The van der Waals surface area contributed by atoms with E-state index in [0.29, 0.717) is 0 Å². The third-order valence-electron chi connectivity index (χ3n) is 3.16. The van der Waals surface area contributed by atoms with E-state index in [2.05, 4.69) is 48.6 Å². The summed E-state index contributed by atoms with van der Waals surface area (Å²) in [6.07, 6.45) is 0. The Balaban J connectivity index is 2.62. The summed E-state index contributed by atoms with van der Waals surface area (Å²) in [5, 5.41) is 15.0. The Bertz CT molecular complexity index is 540. The quantitative estimate of drug-likeness (QED) is 0.789. The number of amides is 1. The highest BCUT2D eigenvalue weighted by atomic mass is 79.9. The van der Waals surface area contributed by atoms with Gasteiger partial charge in [0.2, 0.25) is 5.91 Å². The third kappa shape index (κ3) is 4.50. The fourth-order valence-corrected chi connectivity index (χ4v) is 2.63. The van der Waals surface area contributed by atoms with Crippen LogP contribution in [0.3, 0.4) is 0 Å². The van der Waals surface area contributed by atoms with Crippen LogP contribution in [0.1, 0.15) is 20.8 Å². The van der Waals surface area contributed by atoms with Crippen molar-refractivity contribution >= 4 is 43.5 Å². The number of nitrogens with one attached hydrogen (secondary N) is 2. The fourth-order valence-electron chi connectivity index (χ4n) is 1.44. The van der Waals surface area contributed by atoms with E-state index < -0.39 is 5.54 Å². The molecule has 0 aromatic heterocycles. The number of benzene rings is 1. The minimum Gasteiger partial charge on any atom is -0.375 e. The van der Waals surface area contributed by atoms with E-state index in [1.807, 2.05) is 32.0 Å². The normalized spacial score (nSPS) is 13.4. The molecule has 6 heteroatoms. The van der Waals surface area contributed by atoms with Crippen LogP contribution in [0.15, 0.2) is 27.1 Å². The molecule has 1 unspecified atom stereocenters. The van der Waals surface area contributed by atoms with Gasteiger partial charge in [0.25, 0.3) is 0 Å². The minimum atomic E-state index is -0.851. The van der Waals surface area contributed by atoms with Crippen LogP contribution < -0.4 is 10.6 Å². The molecule has 2 N–H and O–H groups in total. The van der Waals surface area contributed by atoms with Gasteiger partial charge in [0.1, 0.15) is 5.54 Å². The van der Waals surface area contributed by atoms with Gasteiger partial charge in [0.05, 0.1) is 12.6 Å². The first kappa shape index (κ1) is 17.0. The van der Waals surface area contributed by atoms with E-state index in [1.165, 1.54) is 0 Å². The zero-order valence-corrected chi connectivity index (χ0v) is 14.8. The Morgan fingerprint density at radius 2 is 2.10 bits per heavy atom. The first-order chi connectivity index (χ1) is 9.28. The Morgan fingerprint density at radius 1 is 1.45 bits per heavy atom. The van der Waals surface area contributed by atoms with Gasteiger partial charge in [0, 0.05) is 14.6 Å². The van der Waals surface area contributed by atoms with Crippen LogP contribution >= 0.6 is 31.9 Å². The highest BCUT2D eigenvalue weighted by Crippen LogP contribution is 2.25. The molecule has 0 heterocycles. The highest BCUT2D eigenvalue weighted by Gasteiger charge is 2.29. The van der Waals surface area contributed by atoms with Crippen molar-refractivity contribution in [3.63, 3.8) is 0 Å². The summed E-state index contributed by atoms with van der Waals surface area (Å²) >= 11 is 6.79. The Hall–Kier alpha value is -1.06. The molecule has 4 nitrogen and oxygen atoms in total. The fraction of sp³-hybridized carbons (Fsp3) is 0.429. The molecular formula is C14H17Br2N3O. The second-order valence-corrected chi connectivity index (χ2v) is 6.76. The number of carbonyl (C=O) groups is 1. The van der Waals surface area contributed by atoms with Crippen LogP contribution in [-0.2, 0) is 4.79 Å². The predicted molar refractivity (Wildman–Crippen MR) is 87.3 cm³/mol. The van der Waals surface area contributed by atoms with Gasteiger partial charge in [-0.1, -0.05) is 29.8 Å². The largest absolute Gasteiger partial charge is 0.375 e. The van der Waals surface area contributed by atoms with E-state index >= 15 is 0 Å². The lowest BCUT2D eigenvalue weighted by Crippen LogP contribution is -2.50. The molecule has 0 aliphatic rings. The lowest BCUT2D eigenvalue weighted by Gasteiger charge is -2.27. The lowest BCUT2D eigenvalue weighted by molar-refractivity contribution is -0.121. The maximum atomic E-state index is 11.9. The van der Waals surface area contributed by atoms with Crippen LogP contribution in [-0.4, -0.2) is 18.0 Å². The molecule has 0 aliphatic heterocycles. The summed E-state index contributed by atoms with van der Waals surface area (Å²) in [5.74, 6) is -0.173. The van der Waals surface area contributed by atoms with Crippen LogP contribution in [0.2, 0.25) is 0 Å². The molecule has 0 saturated heterocycles. The van der Waals surface area contributed by atoms with Crippen LogP contribution in [0.5, 0.6) is 0 Å². The molecule has 0 spiro atoms. The number of anilines is 1. The molecular weight excluding hydrogens is 386 g/mol. The van der Waals surface area contributed by atoms with E-state index in [4.69, 9.17) is 5.26 Å². The minimum absolute atomic E-state index is 0.0378. The number of nitriles is 1. The van der Waals surface area contributed by atoms with E-state index in [1.54, 1.807) is 6.92 Å². The van der Waals surface area contributed by atoms with Gasteiger partial charge in [-0.05, 0) is 47.0 Å². The van der Waals surface area contributed by atoms with E-state index in [0.717, 1.165) is 14.6 Å². The molecule has 20 heavy (non-hydrogen) atoms. The summed E-state index contributed by atoms with van der Waals surface area (Å²) in [6, 6.07) is 7.80. The molecule has 0 bridgehead atoms. The van der Waals surface area contributed by atoms with E-state index in [9.17, 15) is 4.79 Å². The zero-order valence-electron chi connectivity index (χ0n) is 11.6. The van der Waals surface area contributed by atoms with Gasteiger partial charge >= 0.3 is 0 Å². The molecule has 1 rings (SSSR count). The number of hydrogen-bond acceptors (Lipinski definition) is 3. The molecule has 0 saturated carbocycles. The standard InChI is InChI=1S/C14H17Br2N3O/c1-9(2)14(3,8-17)19-13(20)7-18-12-5-4-10(15)6-11(12)16/h4-6,9,18H,7H2,1-3H3,(H,19,20). The van der Waals surface area contributed by atoms with Gasteiger partial charge in [-0.3, -0.25) is 4.79 Å². The monoisotopic (exact) mass is 401 g/mol. The van der Waals surface area contributed by atoms with Crippen molar-refractivity contribution < 1.29 is 4.79 Å². The SMILES string of the molecule is CC(C)C(C)(C#N)NC(=O)CNc1ccc(Br)cc1Br. The van der Waals surface area contributed by atoms with Crippen molar-refractivity contribution in [2.75, 3.05) is 11.9 Å². The van der Waals surface area contributed by atoms with Gasteiger partial charge < -0.3 is 10.6 Å². The van der Waals surface area contributed by atoms with Gasteiger partial charge in [-0.25, -0.2) is 0 Å². The summed E-state index contributed by atoms with van der Waals surface area (Å²) in [5.41, 5.74) is -0.0260. The lowest BCUT2D eigenvalue weighted by atomic mass is 9.90. The van der Waals surface area contributed by atoms with Crippen molar-refractivity contribution in [2.24, 2.45) is 5.92 Å². The van der Waals surface area contributed by atoms with E-state index in [-0.39, 0.29) is 18.4 Å².